The third-order valence-corrected chi connectivity index (χ3v) is 6.49. The topological polar surface area (TPSA) is 44.3 Å². The van der Waals surface area contributed by atoms with Crippen LogP contribution in [0.15, 0.2) is 79.0 Å². The van der Waals surface area contributed by atoms with Gasteiger partial charge in [-0.1, -0.05) is 48.6 Å². The van der Waals surface area contributed by atoms with Crippen LogP contribution in [0.3, 0.4) is 0 Å². The van der Waals surface area contributed by atoms with Gasteiger partial charge in [0.15, 0.2) is 12.0 Å². The van der Waals surface area contributed by atoms with Crippen LogP contribution in [0.5, 0.6) is 0 Å². The summed E-state index contributed by atoms with van der Waals surface area (Å²) in [5.74, 6) is 0.141. The number of carbonyl (C=O) groups is 1. The highest BCUT2D eigenvalue weighted by Crippen LogP contribution is 2.30. The molecule has 0 saturated carbocycles. The minimum Gasteiger partial charge on any atom is -0.382 e. The predicted octanol–water partition coefficient (Wildman–Crippen LogP) is 5.66. The number of Topliss-reactive ketones (excluding diaryl/α,β-unsaturated/α-hetero) is 1. The van der Waals surface area contributed by atoms with E-state index in [0.29, 0.717) is 26.4 Å². The first kappa shape index (κ1) is 23.9. The van der Waals surface area contributed by atoms with Crippen LogP contribution >= 0.6 is 0 Å². The molecule has 0 N–H and O–H groups in total. The molecule has 0 amide bonds. The number of hydrogen-bond acceptors (Lipinski definition) is 3. The van der Waals surface area contributed by atoms with Crippen LogP contribution in [0.1, 0.15) is 18.1 Å². The number of aromatic nitrogens is 2. The smallest absolute Gasteiger partial charge is 0.213 e. The van der Waals surface area contributed by atoms with Crippen LogP contribution in [0, 0.1) is 0 Å². The first-order valence-electron chi connectivity index (χ1n) is 12.3. The molecule has 0 atom stereocenters. The number of fused-ring (bicyclic) bond motifs is 4. The average molecular weight is 480 g/mol. The molecule has 3 aromatic carbocycles. The first-order chi connectivity index (χ1) is 17.7. The van der Waals surface area contributed by atoms with Crippen LogP contribution in [0.25, 0.3) is 44.9 Å². The molecular formula is C31H31N2O3+. The van der Waals surface area contributed by atoms with Crippen molar-refractivity contribution in [3.63, 3.8) is 0 Å². The van der Waals surface area contributed by atoms with Crippen molar-refractivity contribution in [1.82, 2.24) is 4.57 Å². The lowest BCUT2D eigenvalue weighted by molar-refractivity contribution is -0.658. The molecular weight excluding hydrogens is 448 g/mol. The summed E-state index contributed by atoms with van der Waals surface area (Å²) in [6.07, 6.45) is 6.32. The minimum atomic E-state index is 0.141. The monoisotopic (exact) mass is 479 g/mol. The number of rotatable bonds is 10. The number of nitrogens with zero attached hydrogens (tertiary/aromatic N) is 2. The van der Waals surface area contributed by atoms with Gasteiger partial charge in [-0.25, -0.2) is 0 Å². The van der Waals surface area contributed by atoms with Gasteiger partial charge in [0, 0.05) is 54.5 Å². The Balaban J connectivity index is 1.48. The molecule has 0 bridgehead atoms. The molecule has 0 radical (unpaired) electrons. The highest BCUT2D eigenvalue weighted by atomic mass is 16.5. The zero-order chi connectivity index (χ0) is 24.9. The van der Waals surface area contributed by atoms with Gasteiger partial charge in [-0.05, 0) is 35.4 Å². The molecule has 5 heteroatoms. The molecule has 0 saturated heterocycles. The molecule has 5 nitrogen and oxygen atoms in total. The second kappa shape index (κ2) is 10.9. The van der Waals surface area contributed by atoms with E-state index in [-0.39, 0.29) is 5.78 Å². The van der Waals surface area contributed by atoms with Gasteiger partial charge in [-0.2, -0.15) is 4.57 Å². The number of methoxy groups -OCH3 is 1. The first-order valence-corrected chi connectivity index (χ1v) is 12.3. The van der Waals surface area contributed by atoms with Gasteiger partial charge in [0.25, 0.3) is 0 Å². The zero-order valence-corrected chi connectivity index (χ0v) is 20.8. The van der Waals surface area contributed by atoms with Gasteiger partial charge >= 0.3 is 0 Å². The van der Waals surface area contributed by atoms with Crippen LogP contribution < -0.4 is 4.57 Å². The maximum absolute atomic E-state index is 11.7. The average Bonchev–Trinajstić information content (AvgIpc) is 3.21. The summed E-state index contributed by atoms with van der Waals surface area (Å²) in [6, 6.07) is 25.5. The fourth-order valence-corrected chi connectivity index (χ4v) is 4.83. The molecule has 2 heterocycles. The van der Waals surface area contributed by atoms with Crippen molar-refractivity contribution in [2.75, 3.05) is 26.9 Å². The summed E-state index contributed by atoms with van der Waals surface area (Å²) in [5, 5.41) is 3.61. The van der Waals surface area contributed by atoms with Crippen molar-refractivity contribution < 1.29 is 18.8 Å². The fraction of sp³-hybridized carbons (Fsp3) is 0.226. The van der Waals surface area contributed by atoms with E-state index in [9.17, 15) is 4.79 Å². The van der Waals surface area contributed by atoms with Gasteiger partial charge in [0.05, 0.1) is 25.2 Å². The van der Waals surface area contributed by atoms with E-state index in [4.69, 9.17) is 9.47 Å². The Bertz CT molecular complexity index is 1570. The Morgan fingerprint density at radius 2 is 1.64 bits per heavy atom. The largest absolute Gasteiger partial charge is 0.382 e. The number of hydrogen-bond donors (Lipinski definition) is 0. The molecule has 2 aromatic heterocycles. The SMILES string of the molecule is COCCOCCn1c2ccccc2c2cc(/C=C/c3cc[n+](CC(C)=O)c4ccccc34)ccc21. The second-order valence-corrected chi connectivity index (χ2v) is 9.00. The lowest BCUT2D eigenvalue weighted by atomic mass is 10.1. The van der Waals surface area contributed by atoms with Gasteiger partial charge in [-0.3, -0.25) is 4.79 Å². The minimum absolute atomic E-state index is 0.141. The van der Waals surface area contributed by atoms with Crippen molar-refractivity contribution in [3.8, 4) is 0 Å². The number of carbonyl (C=O) groups excluding carboxylic acids is 1. The van der Waals surface area contributed by atoms with Crippen LogP contribution in [-0.2, 0) is 27.4 Å². The maximum atomic E-state index is 11.7. The standard InChI is InChI=1S/C31H31N2O3/c1-23(34)22-32-16-15-25(26-7-3-5-9-29(26)32)13-11-24-12-14-31-28(21-24)27-8-4-6-10-30(27)33(31)17-18-36-20-19-35-2/h3-16,21H,17-20,22H2,1-2H3/q+1. The predicted molar refractivity (Wildman–Crippen MR) is 146 cm³/mol. The molecule has 0 aliphatic rings. The number of benzene rings is 3. The second-order valence-electron chi connectivity index (χ2n) is 9.00. The van der Waals surface area contributed by atoms with Gasteiger partial charge in [-0.15, -0.1) is 0 Å². The van der Waals surface area contributed by atoms with Crippen LogP contribution in [0.2, 0.25) is 0 Å². The Kier molecular flexibility index (Phi) is 7.21. The van der Waals surface area contributed by atoms with Gasteiger partial charge in [0.1, 0.15) is 0 Å². The lowest BCUT2D eigenvalue weighted by Gasteiger charge is -2.08. The molecule has 5 rings (SSSR count). The quantitative estimate of drug-likeness (QED) is 0.192. The maximum Gasteiger partial charge on any atom is 0.213 e. The van der Waals surface area contributed by atoms with Crippen molar-refractivity contribution in [2.24, 2.45) is 0 Å². The Labute approximate surface area is 211 Å². The Hall–Kier alpha value is -3.80. The normalized spacial score (nSPS) is 11.8. The van der Waals surface area contributed by atoms with Crippen molar-refractivity contribution in [3.05, 3.63) is 90.1 Å². The van der Waals surface area contributed by atoms with E-state index < -0.39 is 0 Å². The van der Waals surface area contributed by atoms with Crippen molar-refractivity contribution in [1.29, 1.82) is 0 Å². The van der Waals surface area contributed by atoms with Crippen LogP contribution in [-0.4, -0.2) is 37.3 Å². The summed E-state index contributed by atoms with van der Waals surface area (Å²) >= 11 is 0. The van der Waals surface area contributed by atoms with E-state index in [1.54, 1.807) is 14.0 Å². The molecule has 0 aliphatic heterocycles. The summed E-state index contributed by atoms with van der Waals surface area (Å²) in [7, 11) is 1.69. The van der Waals surface area contributed by atoms with E-state index in [1.165, 1.54) is 21.8 Å². The van der Waals surface area contributed by atoms with Gasteiger partial charge in [0.2, 0.25) is 12.1 Å². The summed E-state index contributed by atoms with van der Waals surface area (Å²) < 4.78 is 15.2. The Morgan fingerprint density at radius 1 is 0.861 bits per heavy atom. The van der Waals surface area contributed by atoms with Crippen LogP contribution in [0.4, 0.5) is 0 Å². The van der Waals surface area contributed by atoms with Crippen molar-refractivity contribution >= 4 is 50.6 Å². The molecule has 0 fully saturated rings. The van der Waals surface area contributed by atoms with Crippen molar-refractivity contribution in [2.45, 2.75) is 20.0 Å². The highest BCUT2D eigenvalue weighted by molar-refractivity contribution is 6.08. The highest BCUT2D eigenvalue weighted by Gasteiger charge is 2.13. The third-order valence-electron chi connectivity index (χ3n) is 6.49. The molecule has 0 spiro atoms. The van der Waals surface area contributed by atoms with E-state index in [2.05, 4.69) is 77.4 Å². The fourth-order valence-electron chi connectivity index (χ4n) is 4.83. The summed E-state index contributed by atoms with van der Waals surface area (Å²) in [6.45, 7) is 4.64. The molecule has 182 valence electrons. The number of para-hydroxylation sites is 2. The molecule has 5 aromatic rings. The number of ketones is 1. The molecule has 0 aliphatic carbocycles. The van der Waals surface area contributed by atoms with E-state index in [0.717, 1.165) is 28.6 Å². The molecule has 36 heavy (non-hydrogen) atoms. The third kappa shape index (κ3) is 4.94. The summed E-state index contributed by atoms with van der Waals surface area (Å²) in [4.78, 5) is 11.7. The zero-order valence-electron chi connectivity index (χ0n) is 20.8. The van der Waals surface area contributed by atoms with E-state index >= 15 is 0 Å². The summed E-state index contributed by atoms with van der Waals surface area (Å²) in [5.41, 5.74) is 5.75. The number of ether oxygens (including phenoxy) is 2. The molecule has 0 unspecified atom stereocenters. The number of pyridine rings is 1. The lowest BCUT2D eigenvalue weighted by Crippen LogP contribution is -2.37. The van der Waals surface area contributed by atoms with Gasteiger partial charge < -0.3 is 14.0 Å². The Morgan fingerprint density at radius 3 is 2.47 bits per heavy atom. The van der Waals surface area contributed by atoms with E-state index in [1.807, 2.05) is 22.9 Å².